The molecule has 0 saturated carbocycles. The maximum atomic E-state index is 7.18. The Hall–Kier alpha value is -7.38. The van der Waals surface area contributed by atoms with Crippen molar-refractivity contribution >= 4 is 159 Å². The van der Waals surface area contributed by atoms with Gasteiger partial charge in [-0.25, -0.2) is 15.0 Å². The quantitative estimate of drug-likeness (QED) is 0.241. The number of rotatable bonds is 5. The van der Waals surface area contributed by atoms with E-state index in [1.165, 1.54) is 0 Å². The summed E-state index contributed by atoms with van der Waals surface area (Å²) in [6, 6.07) is 47.0. The number of nitrogens with zero attached hydrogens (tertiary/aromatic N) is 5. The van der Waals surface area contributed by atoms with Gasteiger partial charge >= 0.3 is 0 Å². The standard InChI is InChI=1S/C51H24B7N5O/c52-28-22-32-38-42(57)43(58)40-39-41(56)33(53)24-35(55)45(39)63(47(40)46(38)62(44(32)34(54)23-28)29-15-8-3-9-16-29)36-18-10-17-31-30-20-19-27(21-37(30)64-48(31)36)51-60-49(25-11-4-1-5-12-25)59-50(61-51)26-13-6-2-7-14-26/h1-24H. The van der Waals surface area contributed by atoms with E-state index in [4.69, 9.17) is 74.3 Å². The Kier molecular flexibility index (Phi) is 8.58. The molecule has 6 nitrogen and oxygen atoms in total. The molecule has 0 saturated heterocycles. The summed E-state index contributed by atoms with van der Waals surface area (Å²) in [5.74, 6) is 1.62. The van der Waals surface area contributed by atoms with Crippen molar-refractivity contribution in [3.05, 3.63) is 146 Å². The number of benzene rings is 8. The van der Waals surface area contributed by atoms with Crippen LogP contribution >= 0.6 is 0 Å². The molecule has 0 aliphatic heterocycles. The molecule has 14 radical (unpaired) electrons. The van der Waals surface area contributed by atoms with Crippen molar-refractivity contribution in [3.63, 3.8) is 0 Å². The first-order valence-electron chi connectivity index (χ1n) is 20.6. The summed E-state index contributed by atoms with van der Waals surface area (Å²) >= 11 is 0. The SMILES string of the molecule is [B]c1cc([B])c2c(c1)c1c([B])c([B])c3c4c([B])c([B])cc([B])c4n(-c4cccc5c4oc4cc(-c6nc(-c7ccccc7)nc(-c7ccccc7)n6)ccc45)c3c1n2-c1ccccc1. The first kappa shape index (κ1) is 38.3. The van der Waals surface area contributed by atoms with Gasteiger partial charge in [0, 0.05) is 60.3 Å². The van der Waals surface area contributed by atoms with Crippen LogP contribution in [0.2, 0.25) is 0 Å². The van der Waals surface area contributed by atoms with E-state index in [1.807, 2.05) is 133 Å². The largest absolute Gasteiger partial charge is 0.454 e. The highest BCUT2D eigenvalue weighted by molar-refractivity contribution is 6.64. The molecule has 280 valence electrons. The van der Waals surface area contributed by atoms with E-state index in [1.54, 1.807) is 12.1 Å². The Balaban J connectivity index is 1.19. The third kappa shape index (κ3) is 5.59. The van der Waals surface area contributed by atoms with Gasteiger partial charge in [0.25, 0.3) is 0 Å². The van der Waals surface area contributed by atoms with Crippen LogP contribution in [0.5, 0.6) is 0 Å². The van der Waals surface area contributed by atoms with Gasteiger partial charge in [0.15, 0.2) is 23.1 Å². The normalized spacial score (nSPS) is 11.9. The molecule has 13 heteroatoms. The molecule has 0 unspecified atom stereocenters. The minimum atomic E-state index is 0.305. The molecule has 0 atom stereocenters. The van der Waals surface area contributed by atoms with Gasteiger partial charge in [0.1, 0.15) is 60.5 Å². The second-order valence-electron chi connectivity index (χ2n) is 16.0. The predicted octanol–water partition coefficient (Wildman–Crippen LogP) is 4.52. The predicted molar refractivity (Wildman–Crippen MR) is 270 cm³/mol. The van der Waals surface area contributed by atoms with Gasteiger partial charge in [-0.2, -0.15) is 0 Å². The van der Waals surface area contributed by atoms with Gasteiger partial charge in [0.2, 0.25) is 0 Å². The molecule has 12 rings (SSSR count). The minimum Gasteiger partial charge on any atom is -0.454 e. The summed E-state index contributed by atoms with van der Waals surface area (Å²) in [5.41, 5.74) is 10.5. The number of furan rings is 1. The van der Waals surface area contributed by atoms with E-state index in [0.29, 0.717) is 111 Å². The molecule has 4 aromatic heterocycles. The molecule has 4 heterocycles. The van der Waals surface area contributed by atoms with Crippen LogP contribution in [0.4, 0.5) is 0 Å². The van der Waals surface area contributed by atoms with Gasteiger partial charge in [-0.05, 0) is 35.7 Å². The third-order valence-corrected chi connectivity index (χ3v) is 12.2. The molecule has 0 fully saturated rings. The van der Waals surface area contributed by atoms with Gasteiger partial charge in [-0.15, -0.1) is 5.46 Å². The summed E-state index contributed by atoms with van der Waals surface area (Å²) in [7, 11) is 48.2. The zero-order valence-corrected chi connectivity index (χ0v) is 34.0. The maximum absolute atomic E-state index is 7.18. The van der Waals surface area contributed by atoms with Gasteiger partial charge in [0.05, 0.1) is 16.7 Å². The van der Waals surface area contributed by atoms with Crippen LogP contribution in [0.15, 0.2) is 150 Å². The van der Waals surface area contributed by atoms with Crippen LogP contribution in [-0.4, -0.2) is 79.0 Å². The number of aromatic nitrogens is 5. The molecule has 0 bridgehead atoms. The van der Waals surface area contributed by atoms with Gasteiger partial charge < -0.3 is 13.6 Å². The molecule has 8 aromatic carbocycles. The maximum Gasteiger partial charge on any atom is 0.164 e. The Morgan fingerprint density at radius 1 is 0.391 bits per heavy atom. The van der Waals surface area contributed by atoms with Crippen molar-refractivity contribution in [3.8, 4) is 45.5 Å². The lowest BCUT2D eigenvalue weighted by Gasteiger charge is -2.16. The average Bonchev–Trinajstić information content (AvgIpc) is 3.99. The topological polar surface area (TPSA) is 61.7 Å². The van der Waals surface area contributed by atoms with Crippen molar-refractivity contribution in [2.75, 3.05) is 0 Å². The molecule has 0 amide bonds. The molecular weight excluding hydrogens is 774 g/mol. The van der Waals surface area contributed by atoms with E-state index in [2.05, 4.69) is 9.13 Å². The van der Waals surface area contributed by atoms with Crippen LogP contribution in [-0.2, 0) is 0 Å². The highest BCUT2D eigenvalue weighted by Gasteiger charge is 2.28. The Labute approximate surface area is 376 Å². The fourth-order valence-electron chi connectivity index (χ4n) is 9.40. The first-order valence-corrected chi connectivity index (χ1v) is 20.6. The Morgan fingerprint density at radius 2 is 0.969 bits per heavy atom. The Bertz CT molecular complexity index is 3870. The van der Waals surface area contributed by atoms with E-state index in [0.717, 1.165) is 38.5 Å². The molecule has 12 aromatic rings. The van der Waals surface area contributed by atoms with Crippen LogP contribution in [0.25, 0.3) is 111 Å². The van der Waals surface area contributed by atoms with Crippen molar-refractivity contribution in [1.82, 2.24) is 24.1 Å². The smallest absolute Gasteiger partial charge is 0.164 e. The van der Waals surface area contributed by atoms with Crippen LogP contribution in [0.1, 0.15) is 0 Å². The number of hydrogen-bond acceptors (Lipinski definition) is 4. The van der Waals surface area contributed by atoms with E-state index in [9.17, 15) is 0 Å². The highest BCUT2D eigenvalue weighted by atomic mass is 16.3. The third-order valence-electron chi connectivity index (χ3n) is 12.2. The minimum absolute atomic E-state index is 0.305. The lowest BCUT2D eigenvalue weighted by Crippen LogP contribution is -2.32. The number of para-hydroxylation sites is 2. The molecule has 0 spiro atoms. The summed E-state index contributed by atoms with van der Waals surface area (Å²) in [6.07, 6.45) is 0. The first-order chi connectivity index (χ1) is 31.2. The second kappa shape index (κ2) is 14.3. The lowest BCUT2D eigenvalue weighted by molar-refractivity contribution is 0.666. The molecule has 0 aliphatic carbocycles. The van der Waals surface area contributed by atoms with Gasteiger partial charge in [-0.1, -0.05) is 148 Å². The summed E-state index contributed by atoms with van der Waals surface area (Å²) in [4.78, 5) is 14.8. The fourth-order valence-corrected chi connectivity index (χ4v) is 9.40. The van der Waals surface area contributed by atoms with E-state index >= 15 is 0 Å². The van der Waals surface area contributed by atoms with Crippen molar-refractivity contribution in [2.45, 2.75) is 0 Å². The van der Waals surface area contributed by atoms with E-state index in [-0.39, 0.29) is 0 Å². The monoisotopic (exact) mass is 799 g/mol. The molecule has 0 aliphatic rings. The Morgan fingerprint density at radius 3 is 1.64 bits per heavy atom. The second-order valence-corrected chi connectivity index (χ2v) is 16.0. The van der Waals surface area contributed by atoms with Crippen LogP contribution in [0.3, 0.4) is 0 Å². The number of fused-ring (bicyclic) bond motifs is 10. The summed E-state index contributed by atoms with van der Waals surface area (Å²) in [5, 5.41) is 4.29. The lowest BCUT2D eigenvalue weighted by atomic mass is 9.71. The summed E-state index contributed by atoms with van der Waals surface area (Å²) < 4.78 is 11.1. The highest BCUT2D eigenvalue weighted by Crippen LogP contribution is 2.42. The molecule has 64 heavy (non-hydrogen) atoms. The number of hydrogen-bond donors (Lipinski definition) is 0. The fraction of sp³-hybridized carbons (Fsp3) is 0. The van der Waals surface area contributed by atoms with Gasteiger partial charge in [-0.3, -0.25) is 0 Å². The van der Waals surface area contributed by atoms with Crippen molar-refractivity contribution < 1.29 is 4.42 Å². The average molecular weight is 798 g/mol. The molecular formula is C51H24B7N5O. The van der Waals surface area contributed by atoms with E-state index < -0.39 is 0 Å². The summed E-state index contributed by atoms with van der Waals surface area (Å²) in [6.45, 7) is 0. The zero-order valence-electron chi connectivity index (χ0n) is 34.0. The van der Waals surface area contributed by atoms with Crippen molar-refractivity contribution in [1.29, 1.82) is 0 Å². The van der Waals surface area contributed by atoms with Crippen LogP contribution in [0, 0.1) is 0 Å². The zero-order chi connectivity index (χ0) is 43.5. The van der Waals surface area contributed by atoms with Crippen LogP contribution < -0.4 is 38.2 Å². The van der Waals surface area contributed by atoms with Crippen molar-refractivity contribution in [2.24, 2.45) is 0 Å². The molecule has 0 N–H and O–H groups in total.